The van der Waals surface area contributed by atoms with Gasteiger partial charge in [0.25, 0.3) is 0 Å². The minimum atomic E-state index is -0.835. The van der Waals surface area contributed by atoms with Crippen LogP contribution in [0.4, 0.5) is 0 Å². The second-order valence-corrected chi connectivity index (χ2v) is 6.71. The van der Waals surface area contributed by atoms with Gasteiger partial charge < -0.3 is 5.32 Å². The van der Waals surface area contributed by atoms with Gasteiger partial charge in [0, 0.05) is 0 Å². The van der Waals surface area contributed by atoms with Gasteiger partial charge >= 0.3 is 0 Å². The molecular weight excluding hydrogens is 269 g/mol. The van der Waals surface area contributed by atoms with Gasteiger partial charge in [-0.15, -0.1) is 23.2 Å². The van der Waals surface area contributed by atoms with Crippen molar-refractivity contribution < 1.29 is 4.79 Å². The van der Waals surface area contributed by atoms with Crippen molar-refractivity contribution in [1.29, 1.82) is 0 Å². The first-order chi connectivity index (χ1) is 8.58. The minimum absolute atomic E-state index is 0.0123. The van der Waals surface area contributed by atoms with Crippen molar-refractivity contribution in [1.82, 2.24) is 5.32 Å². The third-order valence-corrected chi connectivity index (χ3v) is 4.66. The quantitative estimate of drug-likeness (QED) is 0.829. The molecule has 0 heterocycles. The lowest BCUT2D eigenvalue weighted by atomic mass is 9.87. The summed E-state index contributed by atoms with van der Waals surface area (Å²) < 4.78 is -0.835. The number of fused-ring (bicyclic) bond motifs is 1. The van der Waals surface area contributed by atoms with Gasteiger partial charge in [-0.05, 0) is 36.8 Å². The molecule has 0 bridgehead atoms. The zero-order chi connectivity index (χ0) is 12.8. The van der Waals surface area contributed by atoms with Gasteiger partial charge in [-0.3, -0.25) is 4.79 Å². The van der Waals surface area contributed by atoms with Crippen LogP contribution in [0.3, 0.4) is 0 Å². The molecule has 18 heavy (non-hydrogen) atoms. The molecule has 1 fully saturated rings. The molecule has 2 nitrogen and oxygen atoms in total. The highest BCUT2D eigenvalue weighted by Crippen LogP contribution is 2.53. The number of amides is 1. The second-order valence-electron chi connectivity index (χ2n) is 5.17. The van der Waals surface area contributed by atoms with Gasteiger partial charge in [-0.25, -0.2) is 0 Å². The molecule has 1 amide bonds. The topological polar surface area (TPSA) is 29.1 Å². The van der Waals surface area contributed by atoms with Crippen molar-refractivity contribution >= 4 is 29.1 Å². The molecule has 0 aromatic heterocycles. The summed E-state index contributed by atoms with van der Waals surface area (Å²) in [6, 6.07) is 8.42. The van der Waals surface area contributed by atoms with Gasteiger partial charge in [-0.2, -0.15) is 0 Å². The average molecular weight is 284 g/mol. The number of nitrogens with one attached hydrogen (secondary N) is 1. The van der Waals surface area contributed by atoms with E-state index in [1.807, 2.05) is 12.1 Å². The average Bonchev–Trinajstić information content (AvgIpc) is 2.99. The molecule has 0 unspecified atom stereocenters. The number of benzene rings is 1. The summed E-state index contributed by atoms with van der Waals surface area (Å²) in [7, 11) is 0. The first-order valence-corrected chi connectivity index (χ1v) is 7.09. The summed E-state index contributed by atoms with van der Waals surface area (Å²) >= 11 is 11.8. The molecule has 4 heteroatoms. The third-order valence-electron chi connectivity index (χ3n) is 3.83. The van der Waals surface area contributed by atoms with E-state index in [0.29, 0.717) is 6.42 Å². The molecule has 2 atom stereocenters. The monoisotopic (exact) mass is 283 g/mol. The van der Waals surface area contributed by atoms with Crippen molar-refractivity contribution in [2.75, 3.05) is 0 Å². The van der Waals surface area contributed by atoms with Crippen LogP contribution in [0.25, 0.3) is 0 Å². The Morgan fingerprint density at radius 2 is 2.06 bits per heavy atom. The highest BCUT2D eigenvalue weighted by atomic mass is 35.5. The maximum absolute atomic E-state index is 12.0. The van der Waals surface area contributed by atoms with Gasteiger partial charge in [0.15, 0.2) is 0 Å². The standard InChI is InChI=1S/C14H15Cl2NO/c15-14(16)8-11(14)13(18)17-12-7-3-5-9-4-1-2-6-10(9)12/h1-2,4,6,11-12H,3,5,7-8H2,(H,17,18)/t11-,12+/m1/s1. The van der Waals surface area contributed by atoms with Crippen molar-refractivity contribution in [2.45, 2.75) is 36.1 Å². The number of halogens is 2. The fourth-order valence-corrected chi connectivity index (χ4v) is 3.18. The Balaban J connectivity index is 1.73. The van der Waals surface area contributed by atoms with Crippen molar-refractivity contribution in [3.8, 4) is 0 Å². The number of hydrogen-bond acceptors (Lipinski definition) is 1. The van der Waals surface area contributed by atoms with E-state index in [0.717, 1.165) is 19.3 Å². The number of aryl methyl sites for hydroxylation is 1. The third kappa shape index (κ3) is 2.24. The maximum Gasteiger partial charge on any atom is 0.226 e. The molecule has 1 saturated carbocycles. The summed E-state index contributed by atoms with van der Waals surface area (Å²) in [6.07, 6.45) is 3.77. The Kier molecular flexibility index (Phi) is 3.03. The Morgan fingerprint density at radius 3 is 2.78 bits per heavy atom. The van der Waals surface area contributed by atoms with Crippen LogP contribution in [-0.4, -0.2) is 10.2 Å². The van der Waals surface area contributed by atoms with Crippen LogP contribution in [0.2, 0.25) is 0 Å². The molecular formula is C14H15Cl2NO. The van der Waals surface area contributed by atoms with Gasteiger partial charge in [-0.1, -0.05) is 24.3 Å². The molecule has 0 spiro atoms. The normalized spacial score (nSPS) is 28.3. The Labute approximate surface area is 117 Å². The van der Waals surface area contributed by atoms with Crippen molar-refractivity contribution in [3.63, 3.8) is 0 Å². The highest BCUT2D eigenvalue weighted by molar-refractivity contribution is 6.52. The molecule has 0 saturated heterocycles. The summed E-state index contributed by atoms with van der Waals surface area (Å²) in [5.41, 5.74) is 2.58. The Morgan fingerprint density at radius 1 is 1.33 bits per heavy atom. The summed E-state index contributed by atoms with van der Waals surface area (Å²) in [6.45, 7) is 0. The van der Waals surface area contributed by atoms with Crippen LogP contribution in [-0.2, 0) is 11.2 Å². The fraction of sp³-hybridized carbons (Fsp3) is 0.500. The molecule has 1 aromatic rings. The number of hydrogen-bond donors (Lipinski definition) is 1. The number of carbonyl (C=O) groups is 1. The van der Waals surface area contributed by atoms with E-state index in [1.165, 1.54) is 11.1 Å². The van der Waals surface area contributed by atoms with Crippen LogP contribution in [0.1, 0.15) is 36.4 Å². The maximum atomic E-state index is 12.0. The van der Waals surface area contributed by atoms with Crippen LogP contribution < -0.4 is 5.32 Å². The largest absolute Gasteiger partial charge is 0.349 e. The van der Waals surface area contributed by atoms with E-state index in [2.05, 4.69) is 17.4 Å². The molecule has 2 aliphatic carbocycles. The molecule has 0 aliphatic heterocycles. The smallest absolute Gasteiger partial charge is 0.226 e. The van der Waals surface area contributed by atoms with E-state index in [1.54, 1.807) is 0 Å². The summed E-state index contributed by atoms with van der Waals surface area (Å²) in [5.74, 6) is -0.253. The van der Waals surface area contributed by atoms with Crippen LogP contribution >= 0.6 is 23.2 Å². The first kappa shape index (κ1) is 12.3. The lowest BCUT2D eigenvalue weighted by Crippen LogP contribution is -2.33. The summed E-state index contributed by atoms with van der Waals surface area (Å²) in [4.78, 5) is 12.0. The molecule has 2 aliphatic rings. The van der Waals surface area contributed by atoms with Crippen LogP contribution in [0.15, 0.2) is 24.3 Å². The predicted molar refractivity (Wildman–Crippen MR) is 72.8 cm³/mol. The summed E-state index contributed by atoms with van der Waals surface area (Å²) in [5, 5.41) is 3.08. The van der Waals surface area contributed by atoms with E-state index < -0.39 is 4.33 Å². The first-order valence-electron chi connectivity index (χ1n) is 6.34. The van der Waals surface area contributed by atoms with E-state index in [9.17, 15) is 4.79 Å². The highest BCUT2D eigenvalue weighted by Gasteiger charge is 2.56. The van der Waals surface area contributed by atoms with Crippen LogP contribution in [0.5, 0.6) is 0 Å². The molecule has 3 rings (SSSR count). The SMILES string of the molecule is O=C(N[C@H]1CCCc2ccccc21)[C@H]1CC1(Cl)Cl. The van der Waals surface area contributed by atoms with Gasteiger partial charge in [0.05, 0.1) is 12.0 Å². The van der Waals surface area contributed by atoms with Crippen LogP contribution in [0, 0.1) is 5.92 Å². The number of rotatable bonds is 2. The zero-order valence-corrected chi connectivity index (χ0v) is 11.5. The molecule has 1 N–H and O–H groups in total. The van der Waals surface area contributed by atoms with Gasteiger partial charge in [0.1, 0.15) is 4.33 Å². The van der Waals surface area contributed by atoms with E-state index >= 15 is 0 Å². The van der Waals surface area contributed by atoms with E-state index in [-0.39, 0.29) is 17.9 Å². The van der Waals surface area contributed by atoms with Crippen molar-refractivity contribution in [3.05, 3.63) is 35.4 Å². The van der Waals surface area contributed by atoms with E-state index in [4.69, 9.17) is 23.2 Å². The lowest BCUT2D eigenvalue weighted by Gasteiger charge is -2.26. The molecule has 96 valence electrons. The van der Waals surface area contributed by atoms with Gasteiger partial charge in [0.2, 0.25) is 5.91 Å². The fourth-order valence-electron chi connectivity index (χ4n) is 2.67. The Bertz CT molecular complexity index is 486. The van der Waals surface area contributed by atoms with Crippen molar-refractivity contribution in [2.24, 2.45) is 5.92 Å². The Hall–Kier alpha value is -0.730. The second kappa shape index (κ2) is 4.43. The lowest BCUT2D eigenvalue weighted by molar-refractivity contribution is -0.123. The number of alkyl halides is 2. The minimum Gasteiger partial charge on any atom is -0.349 e. The zero-order valence-electron chi connectivity index (χ0n) is 9.96. The molecule has 0 radical (unpaired) electrons. The molecule has 1 aromatic carbocycles. The predicted octanol–water partition coefficient (Wildman–Crippen LogP) is 3.37. The number of carbonyl (C=O) groups excluding carboxylic acids is 1.